The van der Waals surface area contributed by atoms with Gasteiger partial charge >= 0.3 is 23.8 Å². The molecule has 0 aromatic heterocycles. The minimum Gasteiger partial charge on any atom is -0.605 e. The molecule has 0 aromatic carbocycles. The van der Waals surface area contributed by atoms with Crippen LogP contribution in [0.25, 0.3) is 0 Å². The van der Waals surface area contributed by atoms with Gasteiger partial charge in [0.1, 0.15) is 0 Å². The smallest absolute Gasteiger partial charge is 0.510 e. The fourth-order valence-corrected chi connectivity index (χ4v) is 5.72. The molecule has 2 unspecified atom stereocenters. The molecule has 0 saturated carbocycles. The van der Waals surface area contributed by atoms with Gasteiger partial charge in [0, 0.05) is 0 Å². The van der Waals surface area contributed by atoms with Crippen molar-refractivity contribution in [3.8, 4) is 0 Å². The number of hydrogen-bond acceptors (Lipinski definition) is 9. The third-order valence-electron chi connectivity index (χ3n) is 2.07. The molecule has 0 aliphatic carbocycles. The van der Waals surface area contributed by atoms with E-state index >= 15 is 0 Å². The fraction of sp³-hybridized carbons (Fsp3) is 1.00. The summed E-state index contributed by atoms with van der Waals surface area (Å²) in [6, 6.07) is 0. The zero-order valence-corrected chi connectivity index (χ0v) is 13.7. The first-order chi connectivity index (χ1) is 9.30. The molecule has 0 bridgehead atoms. The summed E-state index contributed by atoms with van der Waals surface area (Å²) in [4.78, 5) is 45.8. The molecule has 1 aliphatic rings. The van der Waals surface area contributed by atoms with Crippen LogP contribution < -0.4 is 4.89 Å². The number of aliphatic hydroxyl groups is 1. The van der Waals surface area contributed by atoms with E-state index in [4.69, 9.17) is 22.5 Å². The molecule has 2 radical (unpaired) electrons. The van der Waals surface area contributed by atoms with Gasteiger partial charge < -0.3 is 24.7 Å². The topological polar surface area (TPSA) is 186 Å². The number of phosphoric ester groups is 1. The summed E-state index contributed by atoms with van der Waals surface area (Å²) in [7, 11) is -10.6. The highest BCUT2D eigenvalue weighted by Gasteiger charge is 2.47. The van der Waals surface area contributed by atoms with Crippen molar-refractivity contribution >= 4 is 43.4 Å². The van der Waals surface area contributed by atoms with E-state index in [1.165, 1.54) is 0 Å². The molecule has 1 heterocycles. The van der Waals surface area contributed by atoms with Crippen LogP contribution in [0.4, 0.5) is 0 Å². The van der Waals surface area contributed by atoms with Gasteiger partial charge in [-0.15, -0.1) is 0 Å². The molecule has 0 spiro atoms. The van der Waals surface area contributed by atoms with Crippen LogP contribution in [-0.2, 0) is 22.3 Å². The van der Waals surface area contributed by atoms with Crippen molar-refractivity contribution in [1.29, 1.82) is 0 Å². The van der Waals surface area contributed by atoms with Gasteiger partial charge in [0.05, 0.1) is 25.8 Å². The predicted molar refractivity (Wildman–Crippen MR) is 70.7 cm³/mol. The monoisotopic (exact) mass is 384 g/mol. The predicted octanol–water partition coefficient (Wildman–Crippen LogP) is -1.38. The van der Waals surface area contributed by atoms with E-state index in [2.05, 4.69) is 13.1 Å². The second-order valence-electron chi connectivity index (χ2n) is 3.90. The molecule has 1 rings (SSSR count). The summed E-state index contributed by atoms with van der Waals surface area (Å²) < 4.78 is 33.2. The minimum atomic E-state index is -5.52. The number of aliphatic hydroxyl groups excluding tert-OH is 1. The van der Waals surface area contributed by atoms with Crippen molar-refractivity contribution in [3.63, 3.8) is 0 Å². The normalized spacial score (nSPS) is 32.6. The van der Waals surface area contributed by atoms with Crippen LogP contribution in [0, 0.1) is 0 Å². The molecule has 1 fully saturated rings. The van der Waals surface area contributed by atoms with Gasteiger partial charge in [-0.3, -0.25) is 4.52 Å². The van der Waals surface area contributed by atoms with Crippen molar-refractivity contribution in [2.45, 2.75) is 22.9 Å². The summed E-state index contributed by atoms with van der Waals surface area (Å²) in [5.74, 6) is 0. The zero-order valence-electron chi connectivity index (χ0n) is 10.2. The summed E-state index contributed by atoms with van der Waals surface area (Å²) in [5.41, 5.74) is 0. The van der Waals surface area contributed by atoms with Crippen LogP contribution in [0.1, 0.15) is 6.42 Å². The third kappa shape index (κ3) is 7.85. The Morgan fingerprint density at radius 1 is 1.33 bits per heavy atom. The quantitative estimate of drug-likeness (QED) is 0.256. The first-order valence-corrected chi connectivity index (χ1v) is 10.6. The van der Waals surface area contributed by atoms with Crippen LogP contribution in [0.3, 0.4) is 0 Å². The Balaban J connectivity index is 2.53. The average molecular weight is 384 g/mol. The van der Waals surface area contributed by atoms with Gasteiger partial charge in [-0.05, 0) is 11.6 Å². The van der Waals surface area contributed by atoms with Crippen LogP contribution in [0.5, 0.6) is 0 Å². The van der Waals surface area contributed by atoms with Gasteiger partial charge in [0.15, 0.2) is 0 Å². The zero-order chi connectivity index (χ0) is 16.5. The van der Waals surface area contributed by atoms with Crippen molar-refractivity contribution in [3.05, 3.63) is 0 Å². The molecule has 11 nitrogen and oxygen atoms in total. The highest BCUT2D eigenvalue weighted by atomic mass is 32.2. The van der Waals surface area contributed by atoms with Gasteiger partial charge in [-0.1, -0.05) is 8.62 Å². The van der Waals surface area contributed by atoms with Gasteiger partial charge in [0.2, 0.25) is 0 Å². The maximum absolute atomic E-state index is 11.4. The molecule has 5 atom stereocenters. The van der Waals surface area contributed by atoms with Crippen molar-refractivity contribution in [2.75, 3.05) is 6.61 Å². The lowest BCUT2D eigenvalue weighted by molar-refractivity contribution is -0.227. The number of hydrogen-bond donors (Lipinski definition) is 5. The largest absolute Gasteiger partial charge is 0.605 e. The average Bonchev–Trinajstić information content (AvgIpc) is 2.48. The van der Waals surface area contributed by atoms with Crippen molar-refractivity contribution in [2.24, 2.45) is 0 Å². The van der Waals surface area contributed by atoms with Gasteiger partial charge in [-0.25, -0.2) is 9.13 Å². The Morgan fingerprint density at radius 2 is 1.90 bits per heavy atom. The second-order valence-corrected chi connectivity index (χ2v) is 9.81. The number of phosphoric acid groups is 3. The van der Waals surface area contributed by atoms with E-state index < -0.39 is 46.9 Å². The van der Waals surface area contributed by atoms with E-state index in [0.29, 0.717) is 0 Å². The summed E-state index contributed by atoms with van der Waals surface area (Å²) in [6.45, 7) is -0.538. The highest BCUT2D eigenvalue weighted by molar-refractivity contribution is 8.01. The fourth-order valence-electron chi connectivity index (χ4n) is 1.38. The highest BCUT2D eigenvalue weighted by Crippen LogP contribution is 2.68. The van der Waals surface area contributed by atoms with E-state index in [0.717, 1.165) is 11.8 Å². The molecule has 1 saturated heterocycles. The van der Waals surface area contributed by atoms with Crippen LogP contribution >= 0.6 is 35.6 Å². The maximum Gasteiger partial charge on any atom is 0.510 e. The summed E-state index contributed by atoms with van der Waals surface area (Å²) >= 11 is 1.07. The Kier molecular flexibility index (Phi) is 6.88. The van der Waals surface area contributed by atoms with Gasteiger partial charge in [-0.2, -0.15) is 16.7 Å². The van der Waals surface area contributed by atoms with E-state index in [9.17, 15) is 24.0 Å². The molecule has 1 aliphatic heterocycles. The Hall–Kier alpha value is 0.945. The summed E-state index contributed by atoms with van der Waals surface area (Å²) in [6.07, 6.45) is -0.674. The number of rotatable bonds is 7. The first kappa shape index (κ1) is 20.0. The Bertz CT molecular complexity index is 455. The molecule has 5 N–H and O–H groups in total. The molecular formula is C5H12BO11P3S. The SMILES string of the molecule is [B][C@H]1C[C@@H](O)[C@@H](COP(=O)(O)O[P+]([O-])(O)OP(=O)(O)O)S1. The molecule has 0 amide bonds. The number of thioether (sulfide) groups is 1. The second kappa shape index (κ2) is 7.23. The van der Waals surface area contributed by atoms with Crippen molar-refractivity contribution < 1.29 is 51.8 Å². The maximum atomic E-state index is 11.4. The van der Waals surface area contributed by atoms with Crippen molar-refractivity contribution in [1.82, 2.24) is 0 Å². The lowest BCUT2D eigenvalue weighted by Crippen LogP contribution is -2.22. The standard InChI is InChI=1S/C5H12BO11P3S/c6-5-1-3(7)4(21-5)2-15-19(11,12)17-20(13,14)16-18(8,9)10/h3-5,7H,1-2H2,(H,11,12)(H,13,14)(H2,8,9,10)/t3-,4-,5-/m1/s1. The molecule has 21 heavy (non-hydrogen) atoms. The summed E-state index contributed by atoms with van der Waals surface area (Å²) in [5, 5.41) is 8.46. The van der Waals surface area contributed by atoms with Crippen LogP contribution in [0.2, 0.25) is 0 Å². The minimum absolute atomic E-state index is 0.231. The Morgan fingerprint density at radius 3 is 2.33 bits per heavy atom. The van der Waals surface area contributed by atoms with E-state index in [1.807, 2.05) is 0 Å². The lowest BCUT2D eigenvalue weighted by atomic mass is 9.98. The molecule has 122 valence electrons. The van der Waals surface area contributed by atoms with E-state index in [-0.39, 0.29) is 6.42 Å². The van der Waals surface area contributed by atoms with E-state index in [1.54, 1.807) is 0 Å². The lowest BCUT2D eigenvalue weighted by Gasteiger charge is -2.22. The molecular weight excluding hydrogens is 372 g/mol. The van der Waals surface area contributed by atoms with Crippen LogP contribution in [-0.4, -0.2) is 55.6 Å². The third-order valence-corrected chi connectivity index (χ3v) is 7.21. The first-order valence-electron chi connectivity index (χ1n) is 5.17. The van der Waals surface area contributed by atoms with Gasteiger partial charge in [0.25, 0.3) is 0 Å². The molecule has 0 aromatic rings. The van der Waals surface area contributed by atoms with Crippen LogP contribution in [0.15, 0.2) is 0 Å². The molecule has 16 heteroatoms. The Labute approximate surface area is 125 Å².